The molecule has 10 heteroatoms. The van der Waals surface area contributed by atoms with Crippen molar-refractivity contribution < 1.29 is 26.5 Å². The van der Waals surface area contributed by atoms with E-state index in [0.29, 0.717) is 5.69 Å². The van der Waals surface area contributed by atoms with Crippen LogP contribution in [0.5, 0.6) is 5.75 Å². The molecule has 0 amide bonds. The van der Waals surface area contributed by atoms with E-state index >= 15 is 0 Å². The normalized spacial score (nSPS) is 11.6. The predicted molar refractivity (Wildman–Crippen MR) is 101 cm³/mol. The van der Waals surface area contributed by atoms with Crippen molar-refractivity contribution in [3.8, 4) is 17.0 Å². The van der Waals surface area contributed by atoms with Crippen LogP contribution in [0.1, 0.15) is 0 Å². The summed E-state index contributed by atoms with van der Waals surface area (Å²) in [6.07, 6.45) is 0. The van der Waals surface area contributed by atoms with Crippen molar-refractivity contribution in [2.24, 2.45) is 0 Å². The third-order valence-electron chi connectivity index (χ3n) is 4.12. The van der Waals surface area contributed by atoms with E-state index in [0.717, 1.165) is 23.8 Å². The smallest absolute Gasteiger partial charge is 0.269 e. The van der Waals surface area contributed by atoms with E-state index in [-0.39, 0.29) is 22.7 Å². The first kappa shape index (κ1) is 18.8. The Morgan fingerprint density at radius 3 is 2.38 bits per heavy atom. The van der Waals surface area contributed by atoms with Gasteiger partial charge in [0.25, 0.3) is 15.7 Å². The minimum Gasteiger partial charge on any atom is -0.496 e. The first-order chi connectivity index (χ1) is 13.9. The summed E-state index contributed by atoms with van der Waals surface area (Å²) in [6, 6.07) is 13.5. The van der Waals surface area contributed by atoms with E-state index in [9.17, 15) is 17.2 Å². The molecule has 2 heterocycles. The highest BCUT2D eigenvalue weighted by molar-refractivity contribution is 7.92. The zero-order valence-electron chi connectivity index (χ0n) is 14.9. The van der Waals surface area contributed by atoms with Gasteiger partial charge < -0.3 is 9.26 Å². The van der Waals surface area contributed by atoms with Gasteiger partial charge in [-0.05, 0) is 12.1 Å². The second-order valence-corrected chi connectivity index (χ2v) is 7.56. The zero-order chi connectivity index (χ0) is 20.6. The maximum absolute atomic E-state index is 13.9. The monoisotopic (exact) mass is 417 g/mol. The van der Waals surface area contributed by atoms with Gasteiger partial charge in [0, 0.05) is 11.6 Å². The van der Waals surface area contributed by atoms with Crippen LogP contribution in [0.25, 0.3) is 22.4 Å². The average Bonchev–Trinajstić information content (AvgIpc) is 3.09. The number of hydrogen-bond donors (Lipinski definition) is 1. The summed E-state index contributed by atoms with van der Waals surface area (Å²) in [5.74, 6) is -2.54. The number of hydrogen-bond acceptors (Lipinski definition) is 6. The molecule has 29 heavy (non-hydrogen) atoms. The second-order valence-electron chi connectivity index (χ2n) is 5.94. The number of nitrogens with zero attached hydrogens (tertiary/aromatic N) is 2. The summed E-state index contributed by atoms with van der Waals surface area (Å²) in [5, 5.41) is 3.77. The number of nitrogens with one attached hydrogen (secondary N) is 1. The van der Waals surface area contributed by atoms with Gasteiger partial charge in [-0.3, -0.25) is 4.72 Å². The molecule has 0 saturated carbocycles. The maximum Gasteiger partial charge on any atom is 0.269 e. The molecular weight excluding hydrogens is 404 g/mol. The standard InChI is InChI=1S/C19H13F2N3O4S/c1-27-15-10-14(11-6-3-2-4-7-11)22-19-16(15)18(23-28-19)24-29(25,26)17-12(20)8-5-9-13(17)21/h2-10H,1H3,(H,23,24). The van der Waals surface area contributed by atoms with Gasteiger partial charge in [0.15, 0.2) is 10.7 Å². The van der Waals surface area contributed by atoms with Gasteiger partial charge in [-0.15, -0.1) is 0 Å². The van der Waals surface area contributed by atoms with E-state index < -0.39 is 26.6 Å². The maximum atomic E-state index is 13.9. The first-order valence-corrected chi connectivity index (χ1v) is 9.75. The summed E-state index contributed by atoms with van der Waals surface area (Å²) in [5.41, 5.74) is 1.29. The highest BCUT2D eigenvalue weighted by Crippen LogP contribution is 2.35. The van der Waals surface area contributed by atoms with Crippen molar-refractivity contribution >= 4 is 26.9 Å². The van der Waals surface area contributed by atoms with Gasteiger partial charge in [0.2, 0.25) is 0 Å². The summed E-state index contributed by atoms with van der Waals surface area (Å²) in [4.78, 5) is 3.20. The van der Waals surface area contributed by atoms with Crippen molar-refractivity contribution in [2.75, 3.05) is 11.8 Å². The number of benzene rings is 2. The largest absolute Gasteiger partial charge is 0.496 e. The van der Waals surface area contributed by atoms with Crippen LogP contribution in [-0.2, 0) is 10.0 Å². The Morgan fingerprint density at radius 2 is 1.72 bits per heavy atom. The SMILES string of the molecule is COc1cc(-c2ccccc2)nc2onc(NS(=O)(=O)c3c(F)cccc3F)c12. The fraction of sp³-hybridized carbons (Fsp3) is 0.0526. The Balaban J connectivity index is 1.82. The lowest BCUT2D eigenvalue weighted by molar-refractivity contribution is 0.418. The van der Waals surface area contributed by atoms with Crippen LogP contribution in [0.2, 0.25) is 0 Å². The minimum atomic E-state index is -4.63. The third kappa shape index (κ3) is 3.38. The summed E-state index contributed by atoms with van der Waals surface area (Å²) in [6.45, 7) is 0. The van der Waals surface area contributed by atoms with Crippen LogP contribution < -0.4 is 9.46 Å². The summed E-state index contributed by atoms with van der Waals surface area (Å²) in [7, 11) is -3.25. The molecule has 0 radical (unpaired) electrons. The molecule has 0 unspecified atom stereocenters. The number of sulfonamides is 1. The van der Waals surface area contributed by atoms with Crippen molar-refractivity contribution in [3.05, 3.63) is 66.2 Å². The van der Waals surface area contributed by atoms with E-state index in [1.165, 1.54) is 7.11 Å². The number of anilines is 1. The number of aromatic nitrogens is 2. The van der Waals surface area contributed by atoms with Crippen LogP contribution in [0, 0.1) is 11.6 Å². The Kier molecular flexibility index (Phi) is 4.63. The molecule has 148 valence electrons. The van der Waals surface area contributed by atoms with Crippen LogP contribution in [-0.4, -0.2) is 25.7 Å². The molecule has 1 N–H and O–H groups in total. The van der Waals surface area contributed by atoms with Crippen LogP contribution in [0.3, 0.4) is 0 Å². The lowest BCUT2D eigenvalue weighted by atomic mass is 10.1. The van der Waals surface area contributed by atoms with Crippen molar-refractivity contribution in [1.29, 1.82) is 0 Å². The number of pyridine rings is 1. The molecule has 0 atom stereocenters. The molecule has 0 aliphatic heterocycles. The zero-order valence-corrected chi connectivity index (χ0v) is 15.7. The lowest BCUT2D eigenvalue weighted by Crippen LogP contribution is -2.16. The van der Waals surface area contributed by atoms with E-state index in [4.69, 9.17) is 9.26 Å². The van der Waals surface area contributed by atoms with Gasteiger partial charge in [-0.1, -0.05) is 41.6 Å². The Morgan fingerprint density at radius 1 is 1.03 bits per heavy atom. The molecule has 0 spiro atoms. The fourth-order valence-electron chi connectivity index (χ4n) is 2.82. The molecule has 0 aliphatic carbocycles. The molecular formula is C19H13F2N3O4S. The average molecular weight is 417 g/mol. The second kappa shape index (κ2) is 7.13. The molecule has 2 aromatic carbocycles. The van der Waals surface area contributed by atoms with Crippen LogP contribution in [0.15, 0.2) is 64.0 Å². The van der Waals surface area contributed by atoms with Gasteiger partial charge in [0.05, 0.1) is 12.8 Å². The van der Waals surface area contributed by atoms with Crippen LogP contribution in [0.4, 0.5) is 14.6 Å². The molecule has 0 saturated heterocycles. The van der Waals surface area contributed by atoms with Gasteiger partial charge in [0.1, 0.15) is 22.8 Å². The number of halogens is 2. The highest BCUT2D eigenvalue weighted by atomic mass is 32.2. The van der Waals surface area contributed by atoms with E-state index in [1.54, 1.807) is 6.07 Å². The molecule has 4 rings (SSSR count). The number of rotatable bonds is 5. The molecule has 4 aromatic rings. The first-order valence-electron chi connectivity index (χ1n) is 8.27. The minimum absolute atomic E-state index is 0.00471. The molecule has 7 nitrogen and oxygen atoms in total. The third-order valence-corrected chi connectivity index (χ3v) is 5.51. The molecule has 2 aromatic heterocycles. The topological polar surface area (TPSA) is 94.3 Å². The Hall–Kier alpha value is -3.53. The summed E-state index contributed by atoms with van der Waals surface area (Å²) < 4.78 is 65.5. The van der Waals surface area contributed by atoms with E-state index in [2.05, 4.69) is 10.1 Å². The number of ether oxygens (including phenoxy) is 1. The molecule has 0 fully saturated rings. The van der Waals surface area contributed by atoms with Gasteiger partial charge in [-0.25, -0.2) is 22.2 Å². The van der Waals surface area contributed by atoms with Gasteiger partial charge >= 0.3 is 0 Å². The predicted octanol–water partition coefficient (Wildman–Crippen LogP) is 3.98. The Bertz CT molecular complexity index is 1290. The van der Waals surface area contributed by atoms with E-state index in [1.807, 2.05) is 35.1 Å². The van der Waals surface area contributed by atoms with Crippen molar-refractivity contribution in [2.45, 2.75) is 4.90 Å². The molecule has 0 aliphatic rings. The fourth-order valence-corrected chi connectivity index (χ4v) is 3.97. The number of methoxy groups -OCH3 is 1. The van der Waals surface area contributed by atoms with Gasteiger partial charge in [-0.2, -0.15) is 0 Å². The summed E-state index contributed by atoms with van der Waals surface area (Å²) >= 11 is 0. The number of fused-ring (bicyclic) bond motifs is 1. The van der Waals surface area contributed by atoms with Crippen molar-refractivity contribution in [1.82, 2.24) is 10.1 Å². The lowest BCUT2D eigenvalue weighted by Gasteiger charge is -2.09. The van der Waals surface area contributed by atoms with Crippen LogP contribution >= 0.6 is 0 Å². The van der Waals surface area contributed by atoms with Crippen molar-refractivity contribution in [3.63, 3.8) is 0 Å². The quantitative estimate of drug-likeness (QED) is 0.528. The molecule has 0 bridgehead atoms. The Labute approximate surface area is 164 Å². The highest BCUT2D eigenvalue weighted by Gasteiger charge is 2.27.